The number of amides is 1. The summed E-state index contributed by atoms with van der Waals surface area (Å²) in [6.45, 7) is 0. The first kappa shape index (κ1) is 13.7. The third-order valence-corrected chi connectivity index (χ3v) is 2.52. The monoisotopic (exact) mass is 274 g/mol. The molecule has 0 unspecified atom stereocenters. The van der Waals surface area contributed by atoms with Crippen LogP contribution in [0.1, 0.15) is 5.56 Å². The van der Waals surface area contributed by atoms with Crippen molar-refractivity contribution in [1.82, 2.24) is 0 Å². The lowest BCUT2D eigenvalue weighted by atomic mass is 10.2. The van der Waals surface area contributed by atoms with Gasteiger partial charge in [-0.3, -0.25) is 4.79 Å². The largest absolute Gasteiger partial charge is 0.399 e. The highest BCUT2D eigenvalue weighted by Crippen LogP contribution is 2.13. The fourth-order valence-corrected chi connectivity index (χ4v) is 1.59. The molecule has 20 heavy (non-hydrogen) atoms. The van der Waals surface area contributed by atoms with Gasteiger partial charge in [-0.15, -0.1) is 0 Å². The Morgan fingerprint density at radius 1 is 1.10 bits per heavy atom. The Hall–Kier alpha value is -2.69. The van der Waals surface area contributed by atoms with Crippen LogP contribution in [0.4, 0.5) is 20.2 Å². The maximum absolute atomic E-state index is 13.0. The number of hydrogen-bond donors (Lipinski definition) is 2. The van der Waals surface area contributed by atoms with Gasteiger partial charge in [0.25, 0.3) is 0 Å². The van der Waals surface area contributed by atoms with Crippen LogP contribution in [0.5, 0.6) is 0 Å². The van der Waals surface area contributed by atoms with Crippen LogP contribution in [0, 0.1) is 11.6 Å². The maximum Gasteiger partial charge on any atom is 0.248 e. The molecule has 0 fully saturated rings. The number of carbonyl (C=O) groups excluding carboxylic acids is 1. The predicted molar refractivity (Wildman–Crippen MR) is 74.9 cm³/mol. The summed E-state index contributed by atoms with van der Waals surface area (Å²) in [5.74, 6) is -2.42. The molecule has 2 rings (SSSR count). The van der Waals surface area contributed by atoms with Crippen LogP contribution in [0.3, 0.4) is 0 Å². The summed E-state index contributed by atoms with van der Waals surface area (Å²) in [5.41, 5.74) is 7.15. The van der Waals surface area contributed by atoms with Crippen LogP contribution in [0.25, 0.3) is 6.08 Å². The zero-order valence-corrected chi connectivity index (χ0v) is 10.4. The smallest absolute Gasteiger partial charge is 0.248 e. The predicted octanol–water partition coefficient (Wildman–Crippen LogP) is 3.20. The summed E-state index contributed by atoms with van der Waals surface area (Å²) < 4.78 is 25.7. The summed E-state index contributed by atoms with van der Waals surface area (Å²) in [5, 5.41) is 2.43. The van der Waals surface area contributed by atoms with Crippen LogP contribution in [-0.4, -0.2) is 5.91 Å². The van der Waals surface area contributed by atoms with E-state index in [9.17, 15) is 13.6 Å². The van der Waals surface area contributed by atoms with Crippen LogP contribution in [0.15, 0.2) is 48.5 Å². The molecule has 0 aliphatic rings. The van der Waals surface area contributed by atoms with Crippen LogP contribution < -0.4 is 11.1 Å². The van der Waals surface area contributed by atoms with Gasteiger partial charge in [0, 0.05) is 23.5 Å². The Morgan fingerprint density at radius 3 is 2.60 bits per heavy atom. The van der Waals surface area contributed by atoms with Gasteiger partial charge in [0.05, 0.1) is 0 Å². The number of hydrogen-bond acceptors (Lipinski definition) is 2. The molecule has 102 valence electrons. The van der Waals surface area contributed by atoms with Crippen LogP contribution in [-0.2, 0) is 4.79 Å². The average Bonchev–Trinajstić information content (AvgIpc) is 2.41. The molecule has 1 amide bonds. The van der Waals surface area contributed by atoms with Gasteiger partial charge in [-0.25, -0.2) is 8.78 Å². The summed E-state index contributed by atoms with van der Waals surface area (Å²) in [6.07, 6.45) is 2.86. The lowest BCUT2D eigenvalue weighted by Crippen LogP contribution is -2.08. The fraction of sp³-hybridized carbons (Fsp3) is 0. The highest BCUT2D eigenvalue weighted by molar-refractivity contribution is 6.01. The van der Waals surface area contributed by atoms with Crippen molar-refractivity contribution in [3.63, 3.8) is 0 Å². The van der Waals surface area contributed by atoms with E-state index in [2.05, 4.69) is 5.32 Å². The molecular formula is C15H12F2N2O. The minimum absolute atomic E-state index is 0.186. The van der Waals surface area contributed by atoms with E-state index in [4.69, 9.17) is 5.73 Å². The van der Waals surface area contributed by atoms with Crippen molar-refractivity contribution in [2.75, 3.05) is 11.1 Å². The summed E-state index contributed by atoms with van der Waals surface area (Å²) >= 11 is 0. The number of nitrogens with two attached hydrogens (primary N) is 1. The Morgan fingerprint density at radius 2 is 1.90 bits per heavy atom. The lowest BCUT2D eigenvalue weighted by molar-refractivity contribution is -0.111. The second-order valence-corrected chi connectivity index (χ2v) is 4.12. The van der Waals surface area contributed by atoms with Crippen molar-refractivity contribution >= 4 is 23.4 Å². The topological polar surface area (TPSA) is 55.1 Å². The number of carbonyl (C=O) groups is 1. The van der Waals surface area contributed by atoms with Gasteiger partial charge >= 0.3 is 0 Å². The van der Waals surface area contributed by atoms with Crippen molar-refractivity contribution in [3.05, 3.63) is 65.7 Å². The molecule has 0 spiro atoms. The molecule has 2 aromatic rings. The van der Waals surface area contributed by atoms with E-state index in [1.807, 2.05) is 0 Å². The highest BCUT2D eigenvalue weighted by atomic mass is 19.2. The van der Waals surface area contributed by atoms with Crippen molar-refractivity contribution in [1.29, 1.82) is 0 Å². The van der Waals surface area contributed by atoms with Crippen molar-refractivity contribution in [2.45, 2.75) is 0 Å². The third-order valence-electron chi connectivity index (χ3n) is 2.52. The SMILES string of the molecule is Nc1cccc(/C=C/C(=O)Nc2ccc(F)c(F)c2)c1. The van der Waals surface area contributed by atoms with E-state index in [0.29, 0.717) is 5.69 Å². The number of rotatable bonds is 3. The number of nitrogens with one attached hydrogen (secondary N) is 1. The van der Waals surface area contributed by atoms with Gasteiger partial charge in [-0.1, -0.05) is 12.1 Å². The quantitative estimate of drug-likeness (QED) is 0.667. The molecule has 0 atom stereocenters. The average molecular weight is 274 g/mol. The summed E-state index contributed by atoms with van der Waals surface area (Å²) in [7, 11) is 0. The minimum Gasteiger partial charge on any atom is -0.399 e. The Bertz CT molecular complexity index is 669. The number of nitrogen functional groups attached to an aromatic ring is 1. The van der Waals surface area contributed by atoms with Crippen molar-refractivity contribution < 1.29 is 13.6 Å². The molecule has 3 nitrogen and oxygen atoms in total. The minimum atomic E-state index is -1.01. The van der Waals surface area contributed by atoms with Crippen molar-refractivity contribution in [3.8, 4) is 0 Å². The van der Waals surface area contributed by atoms with E-state index in [1.165, 1.54) is 12.1 Å². The Kier molecular flexibility index (Phi) is 4.10. The molecule has 0 radical (unpaired) electrons. The van der Waals surface area contributed by atoms with Gasteiger partial charge in [0.2, 0.25) is 5.91 Å². The zero-order chi connectivity index (χ0) is 14.5. The molecule has 5 heteroatoms. The van der Waals surface area contributed by atoms with Gasteiger partial charge in [0.1, 0.15) is 0 Å². The van der Waals surface area contributed by atoms with E-state index in [0.717, 1.165) is 17.7 Å². The Balaban J connectivity index is 2.03. The second kappa shape index (κ2) is 5.97. The molecule has 0 aliphatic heterocycles. The Labute approximate surface area is 114 Å². The number of anilines is 2. The van der Waals surface area contributed by atoms with Gasteiger partial charge < -0.3 is 11.1 Å². The third kappa shape index (κ3) is 3.65. The standard InChI is InChI=1S/C15H12F2N2O/c16-13-6-5-12(9-14(13)17)19-15(20)7-4-10-2-1-3-11(18)8-10/h1-9H,18H2,(H,19,20)/b7-4+. The van der Waals surface area contributed by atoms with E-state index >= 15 is 0 Å². The first-order chi connectivity index (χ1) is 9.54. The van der Waals surface area contributed by atoms with E-state index in [1.54, 1.807) is 30.3 Å². The summed E-state index contributed by atoms with van der Waals surface area (Å²) in [4.78, 5) is 11.6. The molecule has 0 saturated heterocycles. The molecule has 0 saturated carbocycles. The van der Waals surface area contributed by atoms with Gasteiger partial charge in [-0.05, 0) is 35.9 Å². The van der Waals surface area contributed by atoms with Crippen molar-refractivity contribution in [2.24, 2.45) is 0 Å². The fourth-order valence-electron chi connectivity index (χ4n) is 1.59. The van der Waals surface area contributed by atoms with Gasteiger partial charge in [0.15, 0.2) is 11.6 Å². The van der Waals surface area contributed by atoms with E-state index < -0.39 is 17.5 Å². The van der Waals surface area contributed by atoms with Crippen LogP contribution in [0.2, 0.25) is 0 Å². The molecule has 0 aliphatic carbocycles. The number of benzene rings is 2. The maximum atomic E-state index is 13.0. The molecule has 3 N–H and O–H groups in total. The first-order valence-corrected chi connectivity index (χ1v) is 5.84. The molecule has 2 aromatic carbocycles. The molecular weight excluding hydrogens is 262 g/mol. The highest BCUT2D eigenvalue weighted by Gasteiger charge is 2.04. The second-order valence-electron chi connectivity index (χ2n) is 4.12. The number of halogens is 2. The van der Waals surface area contributed by atoms with E-state index in [-0.39, 0.29) is 5.69 Å². The lowest BCUT2D eigenvalue weighted by Gasteiger charge is -2.02. The summed E-state index contributed by atoms with van der Waals surface area (Å²) in [6, 6.07) is 10.2. The molecule has 0 aromatic heterocycles. The molecule has 0 heterocycles. The van der Waals surface area contributed by atoms with Crippen LogP contribution >= 0.6 is 0 Å². The zero-order valence-electron chi connectivity index (χ0n) is 10.4. The van der Waals surface area contributed by atoms with Gasteiger partial charge in [-0.2, -0.15) is 0 Å². The molecule has 0 bridgehead atoms. The normalized spacial score (nSPS) is 10.7. The first-order valence-electron chi connectivity index (χ1n) is 5.84.